The summed E-state index contributed by atoms with van der Waals surface area (Å²) in [7, 11) is 0. The first kappa shape index (κ1) is 14.3. The fraction of sp³-hybridized carbons (Fsp3) is 0.200. The summed E-state index contributed by atoms with van der Waals surface area (Å²) >= 11 is 12.0. The first-order valence-electron chi connectivity index (χ1n) is 6.06. The minimum absolute atomic E-state index is 0.232. The van der Waals surface area contributed by atoms with E-state index in [-0.39, 0.29) is 5.82 Å². The molecule has 19 heavy (non-hydrogen) atoms. The Morgan fingerprint density at radius 1 is 1.11 bits per heavy atom. The van der Waals surface area contributed by atoms with Gasteiger partial charge in [-0.2, -0.15) is 0 Å². The van der Waals surface area contributed by atoms with E-state index in [9.17, 15) is 4.39 Å². The topological polar surface area (TPSA) is 12.0 Å². The second-order valence-electron chi connectivity index (χ2n) is 4.21. The Bertz CT molecular complexity index is 584. The molecule has 0 aliphatic rings. The smallest absolute Gasteiger partial charge is 0.128 e. The van der Waals surface area contributed by atoms with Gasteiger partial charge >= 0.3 is 0 Å². The molecule has 2 aromatic carbocycles. The number of benzene rings is 2. The van der Waals surface area contributed by atoms with Gasteiger partial charge in [-0.1, -0.05) is 48.3 Å². The molecule has 100 valence electrons. The van der Waals surface area contributed by atoms with Crippen molar-refractivity contribution >= 4 is 23.2 Å². The van der Waals surface area contributed by atoms with Crippen LogP contribution in [0, 0.1) is 5.82 Å². The van der Waals surface area contributed by atoms with Crippen LogP contribution >= 0.6 is 23.2 Å². The maximum Gasteiger partial charge on any atom is 0.128 e. The van der Waals surface area contributed by atoms with Gasteiger partial charge in [0.15, 0.2) is 0 Å². The van der Waals surface area contributed by atoms with Crippen LogP contribution in [-0.2, 0) is 6.54 Å². The van der Waals surface area contributed by atoms with Crippen molar-refractivity contribution in [1.29, 1.82) is 0 Å². The summed E-state index contributed by atoms with van der Waals surface area (Å²) < 4.78 is 14.0. The monoisotopic (exact) mass is 297 g/mol. The second-order valence-corrected chi connectivity index (χ2v) is 5.05. The summed E-state index contributed by atoms with van der Waals surface area (Å²) in [6.45, 7) is 3.32. The van der Waals surface area contributed by atoms with Gasteiger partial charge in [-0.05, 0) is 30.3 Å². The van der Waals surface area contributed by atoms with Crippen LogP contribution in [0.3, 0.4) is 0 Å². The molecule has 0 fully saturated rings. The standard InChI is InChI=1S/C15H14Cl2FN/c1-2-19-9-11-4-3-10(7-15(11)18)13-6-5-12(16)8-14(13)17/h3-8,19H,2,9H2,1H3. The summed E-state index contributed by atoms with van der Waals surface area (Å²) in [4.78, 5) is 0. The largest absolute Gasteiger partial charge is 0.313 e. The van der Waals surface area contributed by atoms with E-state index in [1.807, 2.05) is 13.0 Å². The molecule has 1 N–H and O–H groups in total. The first-order valence-corrected chi connectivity index (χ1v) is 6.82. The Balaban J connectivity index is 2.33. The molecule has 0 spiro atoms. The summed E-state index contributed by atoms with van der Waals surface area (Å²) in [6, 6.07) is 10.3. The summed E-state index contributed by atoms with van der Waals surface area (Å²) in [5, 5.41) is 4.19. The molecule has 0 atom stereocenters. The SMILES string of the molecule is CCNCc1ccc(-c2ccc(Cl)cc2Cl)cc1F. The average Bonchev–Trinajstić information content (AvgIpc) is 2.37. The van der Waals surface area contributed by atoms with Gasteiger partial charge in [0.25, 0.3) is 0 Å². The molecule has 0 saturated heterocycles. The molecule has 0 amide bonds. The van der Waals surface area contributed by atoms with Gasteiger partial charge in [-0.15, -0.1) is 0 Å². The molecule has 0 aromatic heterocycles. The van der Waals surface area contributed by atoms with Gasteiger partial charge < -0.3 is 5.32 Å². The molecule has 0 bridgehead atoms. The minimum atomic E-state index is -0.232. The van der Waals surface area contributed by atoms with Crippen LogP contribution in [-0.4, -0.2) is 6.54 Å². The first-order chi connectivity index (χ1) is 9.11. The predicted octanol–water partition coefficient (Wildman–Crippen LogP) is 4.91. The Labute approximate surface area is 122 Å². The fourth-order valence-electron chi connectivity index (χ4n) is 1.84. The number of hydrogen-bond donors (Lipinski definition) is 1. The average molecular weight is 298 g/mol. The lowest BCUT2D eigenvalue weighted by atomic mass is 10.0. The minimum Gasteiger partial charge on any atom is -0.313 e. The van der Waals surface area contributed by atoms with E-state index >= 15 is 0 Å². The Kier molecular flexibility index (Phi) is 4.81. The number of rotatable bonds is 4. The predicted molar refractivity (Wildman–Crippen MR) is 79.2 cm³/mol. The number of halogens is 3. The maximum atomic E-state index is 14.0. The molecule has 4 heteroatoms. The quantitative estimate of drug-likeness (QED) is 0.845. The van der Waals surface area contributed by atoms with E-state index in [4.69, 9.17) is 23.2 Å². The highest BCUT2D eigenvalue weighted by molar-refractivity contribution is 6.36. The van der Waals surface area contributed by atoms with Crippen molar-refractivity contribution in [2.24, 2.45) is 0 Å². The van der Waals surface area contributed by atoms with E-state index in [2.05, 4.69) is 5.32 Å². The van der Waals surface area contributed by atoms with E-state index < -0.39 is 0 Å². The van der Waals surface area contributed by atoms with Crippen LogP contribution in [0.25, 0.3) is 11.1 Å². The fourth-order valence-corrected chi connectivity index (χ4v) is 2.36. The zero-order chi connectivity index (χ0) is 13.8. The molecule has 0 saturated carbocycles. The lowest BCUT2D eigenvalue weighted by Crippen LogP contribution is -2.12. The zero-order valence-electron chi connectivity index (χ0n) is 10.5. The van der Waals surface area contributed by atoms with Gasteiger partial charge in [0, 0.05) is 27.7 Å². The highest BCUT2D eigenvalue weighted by Crippen LogP contribution is 2.31. The van der Waals surface area contributed by atoms with Crippen molar-refractivity contribution in [2.75, 3.05) is 6.54 Å². The van der Waals surface area contributed by atoms with Crippen LogP contribution in [0.15, 0.2) is 36.4 Å². The molecule has 1 nitrogen and oxygen atoms in total. The molecular weight excluding hydrogens is 284 g/mol. The normalized spacial score (nSPS) is 10.7. The summed E-state index contributed by atoms with van der Waals surface area (Å²) in [6.07, 6.45) is 0. The van der Waals surface area contributed by atoms with E-state index in [1.165, 1.54) is 6.07 Å². The molecule has 2 aromatic rings. The van der Waals surface area contributed by atoms with Gasteiger partial charge in [-0.3, -0.25) is 0 Å². The highest BCUT2D eigenvalue weighted by Gasteiger charge is 2.08. The van der Waals surface area contributed by atoms with E-state index in [0.29, 0.717) is 22.2 Å². The molecule has 0 heterocycles. The molecule has 2 rings (SSSR count). The molecule has 0 aliphatic carbocycles. The van der Waals surface area contributed by atoms with Crippen molar-refractivity contribution in [3.05, 3.63) is 57.8 Å². The Morgan fingerprint density at radius 3 is 2.53 bits per heavy atom. The van der Waals surface area contributed by atoms with Gasteiger partial charge in [-0.25, -0.2) is 4.39 Å². The highest BCUT2D eigenvalue weighted by atomic mass is 35.5. The van der Waals surface area contributed by atoms with Gasteiger partial charge in [0.2, 0.25) is 0 Å². The maximum absolute atomic E-state index is 14.0. The second kappa shape index (κ2) is 6.38. The third-order valence-corrected chi connectivity index (χ3v) is 3.41. The van der Waals surface area contributed by atoms with Crippen molar-refractivity contribution in [1.82, 2.24) is 5.32 Å². The van der Waals surface area contributed by atoms with Crippen LogP contribution in [0.1, 0.15) is 12.5 Å². The third-order valence-electron chi connectivity index (χ3n) is 2.86. The number of nitrogens with one attached hydrogen (secondary N) is 1. The Morgan fingerprint density at radius 2 is 1.89 bits per heavy atom. The van der Waals surface area contributed by atoms with Crippen molar-refractivity contribution in [2.45, 2.75) is 13.5 Å². The zero-order valence-corrected chi connectivity index (χ0v) is 12.0. The van der Waals surface area contributed by atoms with E-state index in [0.717, 1.165) is 17.7 Å². The third kappa shape index (κ3) is 3.47. The summed E-state index contributed by atoms with van der Waals surface area (Å²) in [5.74, 6) is -0.232. The summed E-state index contributed by atoms with van der Waals surface area (Å²) in [5.41, 5.74) is 2.18. The van der Waals surface area contributed by atoms with Crippen molar-refractivity contribution in [3.63, 3.8) is 0 Å². The van der Waals surface area contributed by atoms with Crippen molar-refractivity contribution in [3.8, 4) is 11.1 Å². The van der Waals surface area contributed by atoms with Crippen LogP contribution in [0.2, 0.25) is 10.0 Å². The lowest BCUT2D eigenvalue weighted by molar-refractivity contribution is 0.594. The van der Waals surface area contributed by atoms with Crippen LogP contribution in [0.4, 0.5) is 4.39 Å². The lowest BCUT2D eigenvalue weighted by Gasteiger charge is -2.08. The van der Waals surface area contributed by atoms with Crippen LogP contribution in [0.5, 0.6) is 0 Å². The van der Waals surface area contributed by atoms with Crippen LogP contribution < -0.4 is 5.32 Å². The number of hydrogen-bond acceptors (Lipinski definition) is 1. The van der Waals surface area contributed by atoms with Gasteiger partial charge in [0.05, 0.1) is 0 Å². The Hall–Kier alpha value is -1.09. The van der Waals surface area contributed by atoms with Gasteiger partial charge in [0.1, 0.15) is 5.82 Å². The molecule has 0 aliphatic heterocycles. The molecular formula is C15H14Cl2FN. The molecule has 0 radical (unpaired) electrons. The molecule has 0 unspecified atom stereocenters. The van der Waals surface area contributed by atoms with Crippen molar-refractivity contribution < 1.29 is 4.39 Å². The van der Waals surface area contributed by atoms with E-state index in [1.54, 1.807) is 24.3 Å².